The van der Waals surface area contributed by atoms with E-state index in [1.165, 1.54) is 24.9 Å². The van der Waals surface area contributed by atoms with Gasteiger partial charge in [0.05, 0.1) is 15.9 Å². The highest BCUT2D eigenvalue weighted by Gasteiger charge is 2.22. The van der Waals surface area contributed by atoms with Crippen molar-refractivity contribution in [2.75, 3.05) is 0 Å². The molecular formula is C49H27N5S3. The fourth-order valence-electron chi connectivity index (χ4n) is 7.92. The maximum Gasteiger partial charge on any atom is 0.164 e. The van der Waals surface area contributed by atoms with Crippen molar-refractivity contribution in [2.45, 2.75) is 0 Å². The summed E-state index contributed by atoms with van der Waals surface area (Å²) in [7, 11) is 0. The SMILES string of the molecule is c1ccc(-c2nc(-c3ccccc3)nc(-c3cccc4sc5c(-c6nc(-c7ccc8c(c7)sc7ccccc78)c7sc8ccccc8c7n6)cccc5c34)n2)cc1. The Kier molecular flexibility index (Phi) is 7.38. The second-order valence-electron chi connectivity index (χ2n) is 14.0. The van der Waals surface area contributed by atoms with Gasteiger partial charge in [0.2, 0.25) is 0 Å². The van der Waals surface area contributed by atoms with Crippen molar-refractivity contribution in [3.05, 3.63) is 164 Å². The van der Waals surface area contributed by atoms with Crippen molar-refractivity contribution in [1.29, 1.82) is 0 Å². The van der Waals surface area contributed by atoms with Gasteiger partial charge >= 0.3 is 0 Å². The summed E-state index contributed by atoms with van der Waals surface area (Å²) in [4.78, 5) is 26.0. The number of benzene rings is 7. The number of rotatable bonds is 5. The van der Waals surface area contributed by atoms with Crippen molar-refractivity contribution in [3.63, 3.8) is 0 Å². The third-order valence-corrected chi connectivity index (χ3v) is 14.1. The first kappa shape index (κ1) is 32.5. The predicted molar refractivity (Wildman–Crippen MR) is 241 cm³/mol. The molecule has 0 saturated carbocycles. The molecule has 12 rings (SSSR count). The first-order valence-electron chi connectivity index (χ1n) is 18.7. The summed E-state index contributed by atoms with van der Waals surface area (Å²) in [5.74, 6) is 2.64. The van der Waals surface area contributed by atoms with Crippen LogP contribution in [0.25, 0.3) is 117 Å². The minimum atomic E-state index is 0.639. The van der Waals surface area contributed by atoms with Gasteiger partial charge in [0.1, 0.15) is 0 Å². The number of nitrogens with zero attached hydrogens (tertiary/aromatic N) is 5. The van der Waals surface area contributed by atoms with E-state index in [0.29, 0.717) is 23.3 Å². The lowest BCUT2D eigenvalue weighted by Gasteiger charge is -2.10. The van der Waals surface area contributed by atoms with Gasteiger partial charge in [-0.3, -0.25) is 0 Å². The monoisotopic (exact) mass is 781 g/mol. The van der Waals surface area contributed by atoms with Crippen LogP contribution >= 0.6 is 34.0 Å². The molecule has 8 heteroatoms. The molecule has 0 aliphatic heterocycles. The normalized spacial score (nSPS) is 11.9. The van der Waals surface area contributed by atoms with Crippen LogP contribution in [0.3, 0.4) is 0 Å². The van der Waals surface area contributed by atoms with E-state index in [-0.39, 0.29) is 0 Å². The minimum absolute atomic E-state index is 0.639. The zero-order chi connectivity index (χ0) is 37.5. The van der Waals surface area contributed by atoms with Crippen LogP contribution in [0.5, 0.6) is 0 Å². The van der Waals surface area contributed by atoms with E-state index in [1.807, 2.05) is 72.0 Å². The summed E-state index contributed by atoms with van der Waals surface area (Å²) in [6, 6.07) is 57.2. The van der Waals surface area contributed by atoms with Crippen molar-refractivity contribution < 1.29 is 0 Å². The zero-order valence-corrected chi connectivity index (χ0v) is 32.5. The van der Waals surface area contributed by atoms with Crippen molar-refractivity contribution in [1.82, 2.24) is 24.9 Å². The Labute approximate surface area is 338 Å². The molecule has 0 amide bonds. The van der Waals surface area contributed by atoms with Crippen molar-refractivity contribution in [2.24, 2.45) is 0 Å². The van der Waals surface area contributed by atoms with E-state index in [2.05, 4.69) is 103 Å². The quantitative estimate of drug-likeness (QED) is 0.174. The third-order valence-electron chi connectivity index (χ3n) is 10.6. The van der Waals surface area contributed by atoms with Gasteiger partial charge in [0.15, 0.2) is 23.3 Å². The van der Waals surface area contributed by atoms with Gasteiger partial charge in [-0.05, 0) is 30.3 Å². The lowest BCUT2D eigenvalue weighted by atomic mass is 10.0. The maximum atomic E-state index is 5.47. The number of thiophene rings is 3. The standard InChI is InChI=1S/C49H27N5S3/c1-3-13-28(14-4-1)46-52-47(29-15-5-2-6-16-29)54-48(53-46)35-20-12-24-39-41(35)34-19-11-21-36(44(34)57-39)49-50-42(45-43(51-49)33-18-8-10-23-38(33)56-45)30-25-26-32-31-17-7-9-22-37(31)55-40(32)27-30/h1-27H. The molecule has 5 nitrogen and oxygen atoms in total. The Morgan fingerprint density at radius 2 is 0.877 bits per heavy atom. The van der Waals surface area contributed by atoms with Gasteiger partial charge in [0, 0.05) is 78.2 Å². The minimum Gasteiger partial charge on any atom is -0.226 e. The molecule has 0 bridgehead atoms. The van der Waals surface area contributed by atoms with Crippen LogP contribution in [0, 0.1) is 0 Å². The van der Waals surface area contributed by atoms with E-state index in [1.54, 1.807) is 22.7 Å². The highest BCUT2D eigenvalue weighted by atomic mass is 32.1. The van der Waals surface area contributed by atoms with Crippen molar-refractivity contribution in [3.8, 4) is 56.8 Å². The van der Waals surface area contributed by atoms with Crippen LogP contribution < -0.4 is 0 Å². The van der Waals surface area contributed by atoms with Gasteiger partial charge in [-0.15, -0.1) is 34.0 Å². The second-order valence-corrected chi connectivity index (χ2v) is 17.2. The number of hydrogen-bond acceptors (Lipinski definition) is 8. The molecule has 0 radical (unpaired) electrons. The smallest absolute Gasteiger partial charge is 0.164 e. The highest BCUT2D eigenvalue weighted by molar-refractivity contribution is 7.27. The summed E-state index contributed by atoms with van der Waals surface area (Å²) in [5, 5.41) is 5.95. The average molecular weight is 782 g/mol. The molecule has 12 aromatic rings. The molecule has 266 valence electrons. The summed E-state index contributed by atoms with van der Waals surface area (Å²) >= 11 is 5.36. The summed E-state index contributed by atoms with van der Waals surface area (Å²) in [6.45, 7) is 0. The van der Waals surface area contributed by atoms with Gasteiger partial charge < -0.3 is 0 Å². The third kappa shape index (κ3) is 5.29. The van der Waals surface area contributed by atoms with Crippen LogP contribution in [-0.4, -0.2) is 24.9 Å². The Balaban J connectivity index is 1.08. The lowest BCUT2D eigenvalue weighted by Crippen LogP contribution is -2.00. The van der Waals surface area contributed by atoms with Crippen LogP contribution in [0.1, 0.15) is 0 Å². The first-order valence-corrected chi connectivity index (χ1v) is 21.1. The number of fused-ring (bicyclic) bond motifs is 9. The second kappa shape index (κ2) is 12.9. The Bertz CT molecular complexity index is 3480. The molecule has 0 saturated heterocycles. The molecule has 0 unspecified atom stereocenters. The van der Waals surface area contributed by atoms with Crippen LogP contribution in [-0.2, 0) is 0 Å². The molecule has 0 aliphatic carbocycles. The molecule has 5 heterocycles. The van der Waals surface area contributed by atoms with E-state index in [4.69, 9.17) is 24.9 Å². The Morgan fingerprint density at radius 1 is 0.316 bits per heavy atom. The summed E-state index contributed by atoms with van der Waals surface area (Å²) in [6.07, 6.45) is 0. The van der Waals surface area contributed by atoms with Crippen LogP contribution in [0.15, 0.2) is 164 Å². The molecule has 0 N–H and O–H groups in total. The first-order chi connectivity index (χ1) is 28.2. The number of hydrogen-bond donors (Lipinski definition) is 0. The van der Waals surface area contributed by atoms with Crippen LogP contribution in [0.2, 0.25) is 0 Å². The van der Waals surface area contributed by atoms with E-state index >= 15 is 0 Å². The molecule has 0 fully saturated rings. The van der Waals surface area contributed by atoms with Gasteiger partial charge in [0.25, 0.3) is 0 Å². The fourth-order valence-corrected chi connectivity index (χ4v) is 11.5. The molecule has 0 spiro atoms. The maximum absolute atomic E-state index is 5.47. The summed E-state index contributed by atoms with van der Waals surface area (Å²) in [5.41, 5.74) is 6.90. The van der Waals surface area contributed by atoms with E-state index < -0.39 is 0 Å². The topological polar surface area (TPSA) is 64.5 Å². The van der Waals surface area contributed by atoms with E-state index in [0.717, 1.165) is 69.3 Å². The molecule has 5 aromatic heterocycles. The number of aromatic nitrogens is 5. The molecular weight excluding hydrogens is 755 g/mol. The Morgan fingerprint density at radius 3 is 1.65 bits per heavy atom. The molecule has 0 aliphatic rings. The largest absolute Gasteiger partial charge is 0.226 e. The van der Waals surface area contributed by atoms with Gasteiger partial charge in [-0.1, -0.05) is 133 Å². The predicted octanol–water partition coefficient (Wildman–Crippen LogP) is 14.1. The van der Waals surface area contributed by atoms with Crippen LogP contribution in [0.4, 0.5) is 0 Å². The van der Waals surface area contributed by atoms with E-state index in [9.17, 15) is 0 Å². The summed E-state index contributed by atoms with van der Waals surface area (Å²) < 4.78 is 7.13. The van der Waals surface area contributed by atoms with Gasteiger partial charge in [-0.2, -0.15) is 0 Å². The zero-order valence-electron chi connectivity index (χ0n) is 30.0. The molecule has 7 aromatic carbocycles. The van der Waals surface area contributed by atoms with Gasteiger partial charge in [-0.25, -0.2) is 24.9 Å². The molecule has 0 atom stereocenters. The average Bonchev–Trinajstić information content (AvgIpc) is 3.97. The highest BCUT2D eigenvalue weighted by Crippen LogP contribution is 2.46. The molecule has 57 heavy (non-hydrogen) atoms. The fraction of sp³-hybridized carbons (Fsp3) is 0. The Hall–Kier alpha value is -6.71. The lowest BCUT2D eigenvalue weighted by molar-refractivity contribution is 1.08. The van der Waals surface area contributed by atoms with Crippen molar-refractivity contribution >= 4 is 94.7 Å².